The van der Waals surface area contributed by atoms with Gasteiger partial charge in [-0.1, -0.05) is 30.4 Å². The molecule has 1 fully saturated rings. The third kappa shape index (κ3) is 4.24. The van der Waals surface area contributed by atoms with E-state index in [1.807, 2.05) is 12.2 Å². The van der Waals surface area contributed by atoms with E-state index >= 15 is 0 Å². The molecule has 2 aliphatic rings. The first kappa shape index (κ1) is 21.2. The van der Waals surface area contributed by atoms with Gasteiger partial charge in [0.2, 0.25) is 11.8 Å². The first-order chi connectivity index (χ1) is 14.3. The topological polar surface area (TPSA) is 122 Å². The molecule has 0 unspecified atom stereocenters. The molecule has 0 radical (unpaired) electrons. The second-order valence-electron chi connectivity index (χ2n) is 7.27. The predicted octanol–water partition coefficient (Wildman–Crippen LogP) is 0.719. The van der Waals surface area contributed by atoms with Crippen LogP contribution in [0.15, 0.2) is 42.5 Å². The summed E-state index contributed by atoms with van der Waals surface area (Å²) in [5.41, 5.74) is 4.76. The number of benzene rings is 1. The normalized spacial score (nSPS) is 22.1. The van der Waals surface area contributed by atoms with Crippen molar-refractivity contribution < 1.29 is 28.7 Å². The lowest BCUT2D eigenvalue weighted by Crippen LogP contribution is -2.49. The van der Waals surface area contributed by atoms with E-state index in [0.717, 1.165) is 4.90 Å². The molecule has 1 aliphatic heterocycles. The molecule has 0 saturated carbocycles. The first-order valence-electron chi connectivity index (χ1n) is 9.69. The number of amides is 4. The molecule has 1 heterocycles. The zero-order valence-corrected chi connectivity index (χ0v) is 16.7. The summed E-state index contributed by atoms with van der Waals surface area (Å²) in [6.45, 7) is 2.72. The maximum absolute atomic E-state index is 12.6. The van der Waals surface area contributed by atoms with Gasteiger partial charge in [0, 0.05) is 5.56 Å². The number of nitrogens with one attached hydrogen (secondary N) is 2. The van der Waals surface area contributed by atoms with Crippen molar-refractivity contribution in [2.75, 3.05) is 0 Å². The van der Waals surface area contributed by atoms with Crippen molar-refractivity contribution in [3.63, 3.8) is 0 Å². The second kappa shape index (κ2) is 8.89. The lowest BCUT2D eigenvalue weighted by atomic mass is 9.85. The monoisotopic (exact) mass is 413 g/mol. The number of rotatable bonds is 5. The number of hydrazine groups is 1. The molecular weight excluding hydrogens is 390 g/mol. The Balaban J connectivity index is 1.53. The van der Waals surface area contributed by atoms with E-state index in [0.29, 0.717) is 18.4 Å². The number of likely N-dealkylation sites (tertiary alicyclic amines) is 1. The van der Waals surface area contributed by atoms with Gasteiger partial charge < -0.3 is 4.74 Å². The van der Waals surface area contributed by atoms with Crippen LogP contribution in [0.2, 0.25) is 0 Å². The SMILES string of the molecule is C[C@@H](OC(=O)[C@H](C)N1C(=O)[C@H]2CC=CC[C@H]2C1=O)C(=O)NNC(=O)c1ccccc1. The van der Waals surface area contributed by atoms with Crippen LogP contribution in [0.1, 0.15) is 37.0 Å². The van der Waals surface area contributed by atoms with Crippen LogP contribution in [0.4, 0.5) is 0 Å². The highest BCUT2D eigenvalue weighted by Crippen LogP contribution is 2.36. The van der Waals surface area contributed by atoms with Crippen LogP contribution in [0, 0.1) is 11.8 Å². The zero-order chi connectivity index (χ0) is 21.8. The van der Waals surface area contributed by atoms with Crippen LogP contribution in [0.3, 0.4) is 0 Å². The molecule has 4 atom stereocenters. The van der Waals surface area contributed by atoms with Gasteiger partial charge in [0.25, 0.3) is 11.8 Å². The van der Waals surface area contributed by atoms with E-state index in [4.69, 9.17) is 4.74 Å². The van der Waals surface area contributed by atoms with Gasteiger partial charge in [-0.2, -0.15) is 0 Å². The van der Waals surface area contributed by atoms with Crippen LogP contribution in [-0.2, 0) is 23.9 Å². The summed E-state index contributed by atoms with van der Waals surface area (Å²) in [7, 11) is 0. The second-order valence-corrected chi connectivity index (χ2v) is 7.27. The minimum absolute atomic E-state index is 0.345. The summed E-state index contributed by atoms with van der Waals surface area (Å²) in [5, 5.41) is 0. The van der Waals surface area contributed by atoms with Crippen LogP contribution >= 0.6 is 0 Å². The largest absolute Gasteiger partial charge is 0.451 e. The number of allylic oxidation sites excluding steroid dienone is 2. The summed E-state index contributed by atoms with van der Waals surface area (Å²) in [6.07, 6.45) is 3.40. The predicted molar refractivity (Wildman–Crippen MR) is 104 cm³/mol. The Morgan fingerprint density at radius 3 is 2.10 bits per heavy atom. The summed E-state index contributed by atoms with van der Waals surface area (Å²) < 4.78 is 5.11. The van der Waals surface area contributed by atoms with Gasteiger partial charge in [0.05, 0.1) is 11.8 Å². The molecule has 158 valence electrons. The van der Waals surface area contributed by atoms with Gasteiger partial charge in [-0.3, -0.25) is 34.9 Å². The van der Waals surface area contributed by atoms with Gasteiger partial charge in [-0.15, -0.1) is 0 Å². The zero-order valence-electron chi connectivity index (χ0n) is 16.7. The molecule has 2 N–H and O–H groups in total. The number of fused-ring (bicyclic) bond motifs is 1. The number of ether oxygens (including phenoxy) is 1. The summed E-state index contributed by atoms with van der Waals surface area (Å²) in [4.78, 5) is 62.6. The van der Waals surface area contributed by atoms with Crippen molar-refractivity contribution >= 4 is 29.6 Å². The van der Waals surface area contributed by atoms with Crippen molar-refractivity contribution in [3.8, 4) is 0 Å². The molecular formula is C21H23N3O6. The number of hydrogen-bond donors (Lipinski definition) is 2. The Labute approximate surface area is 173 Å². The number of esters is 1. The third-order valence-electron chi connectivity index (χ3n) is 5.27. The van der Waals surface area contributed by atoms with Crippen molar-refractivity contribution in [3.05, 3.63) is 48.0 Å². The quantitative estimate of drug-likeness (QED) is 0.317. The fourth-order valence-electron chi connectivity index (χ4n) is 3.52. The first-order valence-corrected chi connectivity index (χ1v) is 9.69. The molecule has 9 nitrogen and oxygen atoms in total. The summed E-state index contributed by atoms with van der Waals surface area (Å²) >= 11 is 0. The molecule has 3 rings (SSSR count). The van der Waals surface area contributed by atoms with Gasteiger partial charge in [0.1, 0.15) is 6.04 Å². The highest BCUT2D eigenvalue weighted by molar-refractivity contribution is 6.08. The van der Waals surface area contributed by atoms with Crippen LogP contribution < -0.4 is 10.9 Å². The minimum atomic E-state index is -1.24. The number of hydrogen-bond acceptors (Lipinski definition) is 6. The van der Waals surface area contributed by atoms with E-state index in [1.54, 1.807) is 30.3 Å². The molecule has 1 aromatic carbocycles. The van der Waals surface area contributed by atoms with Crippen LogP contribution in [0.25, 0.3) is 0 Å². The Kier molecular flexibility index (Phi) is 6.29. The molecule has 30 heavy (non-hydrogen) atoms. The average Bonchev–Trinajstić information content (AvgIpc) is 3.02. The molecule has 1 aromatic rings. The van der Waals surface area contributed by atoms with Crippen molar-refractivity contribution in [2.45, 2.75) is 38.8 Å². The molecule has 4 amide bonds. The van der Waals surface area contributed by atoms with E-state index in [-0.39, 0.29) is 0 Å². The Hall–Kier alpha value is -3.49. The highest BCUT2D eigenvalue weighted by atomic mass is 16.5. The molecule has 1 saturated heterocycles. The number of imide groups is 1. The minimum Gasteiger partial charge on any atom is -0.451 e. The third-order valence-corrected chi connectivity index (χ3v) is 5.27. The molecule has 9 heteroatoms. The van der Waals surface area contributed by atoms with Crippen LogP contribution in [-0.4, -0.2) is 46.6 Å². The molecule has 0 bridgehead atoms. The van der Waals surface area contributed by atoms with Crippen molar-refractivity contribution in [1.82, 2.24) is 15.8 Å². The number of nitrogens with zero attached hydrogens (tertiary/aromatic N) is 1. The fourth-order valence-corrected chi connectivity index (χ4v) is 3.52. The lowest BCUT2D eigenvalue weighted by molar-refractivity contribution is -0.164. The van der Waals surface area contributed by atoms with E-state index in [2.05, 4.69) is 10.9 Å². The van der Waals surface area contributed by atoms with E-state index < -0.39 is 53.6 Å². The Morgan fingerprint density at radius 2 is 1.53 bits per heavy atom. The van der Waals surface area contributed by atoms with Crippen LogP contribution in [0.5, 0.6) is 0 Å². The van der Waals surface area contributed by atoms with Gasteiger partial charge in [-0.25, -0.2) is 4.79 Å². The lowest BCUT2D eigenvalue weighted by Gasteiger charge is -2.23. The number of carbonyl (C=O) groups excluding carboxylic acids is 5. The molecule has 0 aromatic heterocycles. The standard InChI is InChI=1S/C21H23N3O6/c1-12(24-19(27)15-10-6-7-11-16(15)20(24)28)21(29)30-13(2)17(25)22-23-18(26)14-8-4-3-5-9-14/h3-9,12-13,15-16H,10-11H2,1-2H3,(H,22,25)(H,23,26)/t12-,13+,15-,16+/m0/s1. The maximum Gasteiger partial charge on any atom is 0.329 e. The van der Waals surface area contributed by atoms with E-state index in [1.165, 1.54) is 13.8 Å². The van der Waals surface area contributed by atoms with Gasteiger partial charge in [-0.05, 0) is 38.8 Å². The Bertz CT molecular complexity index is 871. The smallest absolute Gasteiger partial charge is 0.329 e. The molecule has 1 aliphatic carbocycles. The highest BCUT2D eigenvalue weighted by Gasteiger charge is 2.50. The average molecular weight is 413 g/mol. The molecule has 0 spiro atoms. The van der Waals surface area contributed by atoms with Gasteiger partial charge >= 0.3 is 5.97 Å². The van der Waals surface area contributed by atoms with Crippen molar-refractivity contribution in [2.24, 2.45) is 11.8 Å². The summed E-state index contributed by atoms with van der Waals surface area (Å²) in [6, 6.07) is 7.10. The summed E-state index contributed by atoms with van der Waals surface area (Å²) in [5.74, 6) is -3.85. The fraction of sp³-hybridized carbons (Fsp3) is 0.381. The van der Waals surface area contributed by atoms with Crippen molar-refractivity contribution in [1.29, 1.82) is 0 Å². The Morgan fingerprint density at radius 1 is 0.967 bits per heavy atom. The number of carbonyl (C=O) groups is 5. The van der Waals surface area contributed by atoms with Gasteiger partial charge in [0.15, 0.2) is 6.10 Å². The van der Waals surface area contributed by atoms with E-state index in [9.17, 15) is 24.0 Å². The maximum atomic E-state index is 12.6.